The van der Waals surface area contributed by atoms with E-state index in [0.717, 1.165) is 18.8 Å². The molecule has 18 heavy (non-hydrogen) atoms. The molecule has 0 spiro atoms. The van der Waals surface area contributed by atoms with Crippen molar-refractivity contribution < 1.29 is 0 Å². The van der Waals surface area contributed by atoms with Crippen molar-refractivity contribution in [2.75, 3.05) is 18.1 Å². The number of thioether (sulfide) groups is 1. The Hall–Kier alpha value is -0.740. The largest absolute Gasteiger partial charge is 0.370 e. The van der Waals surface area contributed by atoms with Gasteiger partial charge < -0.3 is 5.32 Å². The maximum absolute atomic E-state index is 5.94. The van der Waals surface area contributed by atoms with E-state index in [1.165, 1.54) is 37.4 Å². The van der Waals surface area contributed by atoms with Crippen LogP contribution in [0.5, 0.6) is 0 Å². The number of nitrogens with one attached hydrogen (secondary N) is 1. The molecular weight excluding hydrogens is 266 g/mol. The van der Waals surface area contributed by atoms with E-state index < -0.39 is 0 Å². The fourth-order valence-corrected chi connectivity index (χ4v) is 2.67. The minimum Gasteiger partial charge on any atom is -0.370 e. The van der Waals surface area contributed by atoms with Crippen LogP contribution in [0.3, 0.4) is 0 Å². The number of halogens is 1. The summed E-state index contributed by atoms with van der Waals surface area (Å²) in [5.41, 5.74) is 1.57. The summed E-state index contributed by atoms with van der Waals surface area (Å²) in [5.74, 6) is 0.816. The molecule has 0 radical (unpaired) electrons. The molecule has 0 saturated heterocycles. The van der Waals surface area contributed by atoms with Crippen LogP contribution in [0.1, 0.15) is 32.1 Å². The standard InChI is InChI=1S/C13H18ClN3S/c1-18-13-16-11(14)9-12(17-13)15-8-7-10-5-3-2-4-6-10/h5,9H,2-4,6-8H2,1H3,(H,15,16,17). The molecule has 5 heteroatoms. The Morgan fingerprint density at radius 2 is 2.28 bits per heavy atom. The van der Waals surface area contributed by atoms with Gasteiger partial charge in [0.15, 0.2) is 5.16 Å². The van der Waals surface area contributed by atoms with E-state index in [2.05, 4.69) is 21.4 Å². The van der Waals surface area contributed by atoms with Crippen LogP contribution in [-0.2, 0) is 0 Å². The Labute approximate surface area is 117 Å². The second kappa shape index (κ2) is 7.00. The molecule has 3 nitrogen and oxygen atoms in total. The van der Waals surface area contributed by atoms with Crippen LogP contribution >= 0.6 is 23.4 Å². The average Bonchev–Trinajstić information content (AvgIpc) is 2.39. The molecule has 0 aromatic carbocycles. The molecule has 98 valence electrons. The predicted octanol–water partition coefficient (Wildman–Crippen LogP) is 4.15. The fraction of sp³-hybridized carbons (Fsp3) is 0.538. The third kappa shape index (κ3) is 4.18. The van der Waals surface area contributed by atoms with Crippen molar-refractivity contribution in [3.63, 3.8) is 0 Å². The highest BCUT2D eigenvalue weighted by molar-refractivity contribution is 7.98. The molecule has 0 fully saturated rings. The van der Waals surface area contributed by atoms with E-state index in [1.54, 1.807) is 11.6 Å². The van der Waals surface area contributed by atoms with Gasteiger partial charge in [0.1, 0.15) is 11.0 Å². The summed E-state index contributed by atoms with van der Waals surface area (Å²) in [6.45, 7) is 0.910. The number of hydrogen-bond donors (Lipinski definition) is 1. The van der Waals surface area contributed by atoms with Crippen molar-refractivity contribution in [2.24, 2.45) is 0 Å². The summed E-state index contributed by atoms with van der Waals surface area (Å²) in [4.78, 5) is 8.49. The van der Waals surface area contributed by atoms with Crippen LogP contribution in [0, 0.1) is 0 Å². The first-order valence-corrected chi connectivity index (χ1v) is 7.88. The van der Waals surface area contributed by atoms with Crippen LogP contribution in [-0.4, -0.2) is 22.8 Å². The molecule has 0 bridgehead atoms. The van der Waals surface area contributed by atoms with Gasteiger partial charge in [-0.25, -0.2) is 9.97 Å². The highest BCUT2D eigenvalue weighted by Crippen LogP contribution is 2.21. The van der Waals surface area contributed by atoms with Crippen molar-refractivity contribution in [3.05, 3.63) is 22.9 Å². The van der Waals surface area contributed by atoms with Gasteiger partial charge in [0.2, 0.25) is 0 Å². The van der Waals surface area contributed by atoms with E-state index in [4.69, 9.17) is 11.6 Å². The zero-order valence-electron chi connectivity index (χ0n) is 10.6. The zero-order chi connectivity index (χ0) is 12.8. The fourth-order valence-electron chi connectivity index (χ4n) is 2.06. The monoisotopic (exact) mass is 283 g/mol. The van der Waals surface area contributed by atoms with Crippen LogP contribution in [0.25, 0.3) is 0 Å². The summed E-state index contributed by atoms with van der Waals surface area (Å²) < 4.78 is 0. The lowest BCUT2D eigenvalue weighted by molar-refractivity contribution is 0.679. The molecule has 1 aromatic rings. The summed E-state index contributed by atoms with van der Waals surface area (Å²) in [6.07, 6.45) is 10.6. The first kappa shape index (κ1) is 13.7. The maximum Gasteiger partial charge on any atom is 0.190 e. The molecule has 0 unspecified atom stereocenters. The van der Waals surface area contributed by atoms with Crippen molar-refractivity contribution in [2.45, 2.75) is 37.3 Å². The molecule has 1 N–H and O–H groups in total. The van der Waals surface area contributed by atoms with Crippen molar-refractivity contribution >= 4 is 29.2 Å². The average molecular weight is 284 g/mol. The van der Waals surface area contributed by atoms with E-state index in [9.17, 15) is 0 Å². The highest BCUT2D eigenvalue weighted by atomic mass is 35.5. The molecule has 0 amide bonds. The zero-order valence-corrected chi connectivity index (χ0v) is 12.2. The Bertz CT molecular complexity index is 434. The molecule has 0 saturated carbocycles. The third-order valence-corrected chi connectivity index (χ3v) is 3.74. The second-order valence-corrected chi connectivity index (χ2v) is 5.51. The molecule has 1 aliphatic rings. The van der Waals surface area contributed by atoms with Crippen LogP contribution in [0.2, 0.25) is 5.15 Å². The first-order chi connectivity index (χ1) is 8.78. The van der Waals surface area contributed by atoms with Crippen LogP contribution in [0.4, 0.5) is 5.82 Å². The van der Waals surface area contributed by atoms with Gasteiger partial charge in [-0.05, 0) is 38.4 Å². The molecule has 1 aromatic heterocycles. The molecule has 1 aliphatic carbocycles. The molecule has 1 heterocycles. The summed E-state index contributed by atoms with van der Waals surface area (Å²) >= 11 is 7.44. The van der Waals surface area contributed by atoms with Gasteiger partial charge in [-0.3, -0.25) is 0 Å². The minimum atomic E-state index is 0.494. The lowest BCUT2D eigenvalue weighted by Gasteiger charge is -2.13. The lowest BCUT2D eigenvalue weighted by Crippen LogP contribution is -2.06. The Morgan fingerprint density at radius 1 is 1.39 bits per heavy atom. The second-order valence-electron chi connectivity index (χ2n) is 4.35. The third-order valence-electron chi connectivity index (χ3n) is 2.99. The Kier molecular flexibility index (Phi) is 5.32. The number of allylic oxidation sites excluding steroid dienone is 1. The number of nitrogens with zero attached hydrogens (tertiary/aromatic N) is 2. The van der Waals surface area contributed by atoms with Crippen LogP contribution < -0.4 is 5.32 Å². The first-order valence-electron chi connectivity index (χ1n) is 6.28. The van der Waals surface area contributed by atoms with Gasteiger partial charge in [-0.1, -0.05) is 35.0 Å². The van der Waals surface area contributed by atoms with Gasteiger partial charge >= 0.3 is 0 Å². The summed E-state index contributed by atoms with van der Waals surface area (Å²) in [6, 6.07) is 1.77. The summed E-state index contributed by atoms with van der Waals surface area (Å²) in [7, 11) is 0. The summed E-state index contributed by atoms with van der Waals surface area (Å²) in [5, 5.41) is 4.52. The van der Waals surface area contributed by atoms with E-state index in [0.29, 0.717) is 10.3 Å². The number of anilines is 1. The van der Waals surface area contributed by atoms with E-state index >= 15 is 0 Å². The number of aromatic nitrogens is 2. The quantitative estimate of drug-likeness (QED) is 0.381. The molecule has 0 aliphatic heterocycles. The van der Waals surface area contributed by atoms with Crippen molar-refractivity contribution in [1.82, 2.24) is 9.97 Å². The molecule has 2 rings (SSSR count). The van der Waals surface area contributed by atoms with E-state index in [1.807, 2.05) is 6.26 Å². The molecular formula is C13H18ClN3S. The van der Waals surface area contributed by atoms with Gasteiger partial charge in [0, 0.05) is 12.6 Å². The normalized spacial score (nSPS) is 15.3. The Balaban J connectivity index is 1.86. The maximum atomic E-state index is 5.94. The van der Waals surface area contributed by atoms with E-state index in [-0.39, 0.29) is 0 Å². The highest BCUT2D eigenvalue weighted by Gasteiger charge is 2.05. The van der Waals surface area contributed by atoms with Gasteiger partial charge in [-0.15, -0.1) is 0 Å². The molecule has 0 atom stereocenters. The number of hydrogen-bond acceptors (Lipinski definition) is 4. The smallest absolute Gasteiger partial charge is 0.190 e. The topological polar surface area (TPSA) is 37.8 Å². The van der Waals surface area contributed by atoms with Crippen LogP contribution in [0.15, 0.2) is 22.9 Å². The van der Waals surface area contributed by atoms with Gasteiger partial charge in [0.05, 0.1) is 0 Å². The predicted molar refractivity (Wildman–Crippen MR) is 78.5 cm³/mol. The van der Waals surface area contributed by atoms with Crippen molar-refractivity contribution in [3.8, 4) is 0 Å². The van der Waals surface area contributed by atoms with Gasteiger partial charge in [0.25, 0.3) is 0 Å². The Morgan fingerprint density at radius 3 is 3.00 bits per heavy atom. The van der Waals surface area contributed by atoms with Gasteiger partial charge in [-0.2, -0.15) is 0 Å². The van der Waals surface area contributed by atoms with Crippen molar-refractivity contribution in [1.29, 1.82) is 0 Å². The SMILES string of the molecule is CSc1nc(Cl)cc(NCCC2=CCCCC2)n1. The minimum absolute atomic E-state index is 0.494. The lowest BCUT2D eigenvalue weighted by atomic mass is 9.97. The number of rotatable bonds is 5.